The SMILES string of the molecule is Cc1ccc(C(C)Nc2ccc(C(=O)N(C)C)cn2)cc1. The van der Waals surface area contributed by atoms with Crippen LogP contribution in [0.5, 0.6) is 0 Å². The molecule has 4 heteroatoms. The number of carbonyl (C=O) groups excluding carboxylic acids is 1. The maximum absolute atomic E-state index is 11.8. The zero-order valence-electron chi connectivity index (χ0n) is 12.9. The fourth-order valence-electron chi connectivity index (χ4n) is 2.02. The number of pyridine rings is 1. The zero-order chi connectivity index (χ0) is 15.4. The summed E-state index contributed by atoms with van der Waals surface area (Å²) in [6, 6.07) is 12.2. The second-order valence-electron chi connectivity index (χ2n) is 5.41. The van der Waals surface area contributed by atoms with E-state index in [1.54, 1.807) is 31.3 Å². The molecule has 1 heterocycles. The van der Waals surface area contributed by atoms with E-state index in [1.807, 2.05) is 6.07 Å². The summed E-state index contributed by atoms with van der Waals surface area (Å²) >= 11 is 0. The number of hydrogen-bond acceptors (Lipinski definition) is 3. The summed E-state index contributed by atoms with van der Waals surface area (Å²) in [6.45, 7) is 4.16. The fourth-order valence-corrected chi connectivity index (χ4v) is 2.02. The van der Waals surface area contributed by atoms with Crippen LogP contribution in [-0.2, 0) is 0 Å². The third-order valence-corrected chi connectivity index (χ3v) is 3.36. The standard InChI is InChI=1S/C17H21N3O/c1-12-5-7-14(8-6-12)13(2)19-16-10-9-15(11-18-16)17(21)20(3)4/h5-11,13H,1-4H3,(H,18,19). The van der Waals surface area contributed by atoms with Crippen LogP contribution in [0.25, 0.3) is 0 Å². The van der Waals surface area contributed by atoms with Crippen LogP contribution in [0, 0.1) is 6.92 Å². The smallest absolute Gasteiger partial charge is 0.254 e. The van der Waals surface area contributed by atoms with Gasteiger partial charge in [-0.25, -0.2) is 4.98 Å². The van der Waals surface area contributed by atoms with Crippen molar-refractivity contribution in [1.29, 1.82) is 0 Å². The van der Waals surface area contributed by atoms with Crippen molar-refractivity contribution >= 4 is 11.7 Å². The highest BCUT2D eigenvalue weighted by Crippen LogP contribution is 2.18. The molecule has 1 atom stereocenters. The lowest BCUT2D eigenvalue weighted by molar-refractivity contribution is 0.0827. The van der Waals surface area contributed by atoms with Gasteiger partial charge in [0.2, 0.25) is 0 Å². The minimum Gasteiger partial charge on any atom is -0.364 e. The van der Waals surface area contributed by atoms with Crippen molar-refractivity contribution in [2.24, 2.45) is 0 Å². The van der Waals surface area contributed by atoms with Gasteiger partial charge in [0.15, 0.2) is 0 Å². The molecule has 0 spiro atoms. The van der Waals surface area contributed by atoms with E-state index >= 15 is 0 Å². The molecule has 0 radical (unpaired) electrons. The number of nitrogens with one attached hydrogen (secondary N) is 1. The summed E-state index contributed by atoms with van der Waals surface area (Å²) in [5, 5.41) is 3.34. The molecule has 0 saturated heterocycles. The number of benzene rings is 1. The number of amides is 1. The van der Waals surface area contributed by atoms with Crippen molar-refractivity contribution in [3.05, 3.63) is 59.3 Å². The van der Waals surface area contributed by atoms with Gasteiger partial charge in [0.1, 0.15) is 5.82 Å². The summed E-state index contributed by atoms with van der Waals surface area (Å²) in [4.78, 5) is 17.6. The van der Waals surface area contributed by atoms with Crippen molar-refractivity contribution in [1.82, 2.24) is 9.88 Å². The predicted molar refractivity (Wildman–Crippen MR) is 85.5 cm³/mol. The minimum absolute atomic E-state index is 0.0411. The molecule has 4 nitrogen and oxygen atoms in total. The van der Waals surface area contributed by atoms with Gasteiger partial charge in [0, 0.05) is 26.3 Å². The van der Waals surface area contributed by atoms with Crippen LogP contribution in [0.2, 0.25) is 0 Å². The van der Waals surface area contributed by atoms with Gasteiger partial charge in [0.05, 0.1) is 5.56 Å². The van der Waals surface area contributed by atoms with Crippen molar-refractivity contribution < 1.29 is 4.79 Å². The van der Waals surface area contributed by atoms with Crippen molar-refractivity contribution in [2.45, 2.75) is 19.9 Å². The first-order valence-corrected chi connectivity index (χ1v) is 6.98. The van der Waals surface area contributed by atoms with E-state index in [4.69, 9.17) is 0 Å². The summed E-state index contributed by atoms with van der Waals surface area (Å²) < 4.78 is 0. The van der Waals surface area contributed by atoms with Gasteiger partial charge in [-0.05, 0) is 31.5 Å². The van der Waals surface area contributed by atoms with Crippen LogP contribution in [0.3, 0.4) is 0 Å². The van der Waals surface area contributed by atoms with E-state index in [-0.39, 0.29) is 11.9 Å². The molecule has 0 fully saturated rings. The monoisotopic (exact) mass is 283 g/mol. The first kappa shape index (κ1) is 15.0. The number of carbonyl (C=O) groups is 1. The Bertz CT molecular complexity index is 603. The number of rotatable bonds is 4. The van der Waals surface area contributed by atoms with Gasteiger partial charge < -0.3 is 10.2 Å². The van der Waals surface area contributed by atoms with E-state index in [1.165, 1.54) is 11.1 Å². The molecule has 0 aliphatic rings. The van der Waals surface area contributed by atoms with E-state index < -0.39 is 0 Å². The van der Waals surface area contributed by atoms with Crippen LogP contribution in [0.4, 0.5) is 5.82 Å². The number of aromatic nitrogens is 1. The highest BCUT2D eigenvalue weighted by atomic mass is 16.2. The second-order valence-corrected chi connectivity index (χ2v) is 5.41. The van der Waals surface area contributed by atoms with Gasteiger partial charge in [-0.2, -0.15) is 0 Å². The molecule has 21 heavy (non-hydrogen) atoms. The Labute approximate surface area is 125 Å². The third kappa shape index (κ3) is 3.81. The molecule has 0 aliphatic carbocycles. The van der Waals surface area contributed by atoms with Crippen molar-refractivity contribution in [3.63, 3.8) is 0 Å². The molecule has 1 aromatic heterocycles. The lowest BCUT2D eigenvalue weighted by Crippen LogP contribution is -2.21. The van der Waals surface area contributed by atoms with Crippen LogP contribution in [-0.4, -0.2) is 29.9 Å². The Kier molecular flexibility index (Phi) is 4.58. The molecular weight excluding hydrogens is 262 g/mol. The van der Waals surface area contributed by atoms with Gasteiger partial charge in [-0.1, -0.05) is 29.8 Å². The quantitative estimate of drug-likeness (QED) is 0.936. The lowest BCUT2D eigenvalue weighted by atomic mass is 10.1. The Morgan fingerprint density at radius 2 is 1.81 bits per heavy atom. The molecule has 1 aromatic carbocycles. The molecule has 1 unspecified atom stereocenters. The molecule has 2 rings (SSSR count). The average molecular weight is 283 g/mol. The summed E-state index contributed by atoms with van der Waals surface area (Å²) in [5.41, 5.74) is 3.04. The van der Waals surface area contributed by atoms with Gasteiger partial charge >= 0.3 is 0 Å². The summed E-state index contributed by atoms with van der Waals surface area (Å²) in [5.74, 6) is 0.721. The summed E-state index contributed by atoms with van der Waals surface area (Å²) in [7, 11) is 3.46. The normalized spacial score (nSPS) is 11.8. The molecule has 0 aliphatic heterocycles. The van der Waals surface area contributed by atoms with E-state index in [0.717, 1.165) is 5.82 Å². The van der Waals surface area contributed by atoms with E-state index in [9.17, 15) is 4.79 Å². The largest absolute Gasteiger partial charge is 0.364 e. The number of nitrogens with zero attached hydrogens (tertiary/aromatic N) is 2. The maximum Gasteiger partial charge on any atom is 0.254 e. The molecule has 0 saturated carbocycles. The van der Waals surface area contributed by atoms with Crippen LogP contribution in [0.1, 0.15) is 34.5 Å². The van der Waals surface area contributed by atoms with Crippen LogP contribution < -0.4 is 5.32 Å². The number of aryl methyl sites for hydroxylation is 1. The average Bonchev–Trinajstić information content (AvgIpc) is 2.47. The van der Waals surface area contributed by atoms with E-state index in [0.29, 0.717) is 5.56 Å². The van der Waals surface area contributed by atoms with E-state index in [2.05, 4.69) is 48.4 Å². The Hall–Kier alpha value is -2.36. The first-order chi connectivity index (χ1) is 9.97. The molecule has 2 aromatic rings. The molecule has 1 amide bonds. The van der Waals surface area contributed by atoms with Crippen molar-refractivity contribution in [2.75, 3.05) is 19.4 Å². The Morgan fingerprint density at radius 3 is 2.33 bits per heavy atom. The third-order valence-electron chi connectivity index (χ3n) is 3.36. The van der Waals surface area contributed by atoms with Gasteiger partial charge in [-0.3, -0.25) is 4.79 Å². The highest BCUT2D eigenvalue weighted by Gasteiger charge is 2.09. The first-order valence-electron chi connectivity index (χ1n) is 6.98. The highest BCUT2D eigenvalue weighted by molar-refractivity contribution is 5.93. The molecule has 1 N–H and O–H groups in total. The zero-order valence-corrected chi connectivity index (χ0v) is 12.9. The fraction of sp³-hybridized carbons (Fsp3) is 0.294. The van der Waals surface area contributed by atoms with Crippen LogP contribution >= 0.6 is 0 Å². The number of hydrogen-bond donors (Lipinski definition) is 1. The van der Waals surface area contributed by atoms with Gasteiger partial charge in [-0.15, -0.1) is 0 Å². The van der Waals surface area contributed by atoms with Crippen LogP contribution in [0.15, 0.2) is 42.6 Å². The Balaban J connectivity index is 2.06. The second kappa shape index (κ2) is 6.39. The lowest BCUT2D eigenvalue weighted by Gasteiger charge is -2.16. The summed E-state index contributed by atoms with van der Waals surface area (Å²) in [6.07, 6.45) is 1.60. The predicted octanol–water partition coefficient (Wildman–Crippen LogP) is 3.26. The topological polar surface area (TPSA) is 45.2 Å². The molecule has 0 bridgehead atoms. The maximum atomic E-state index is 11.8. The number of anilines is 1. The molecular formula is C17H21N3O. The van der Waals surface area contributed by atoms with Gasteiger partial charge in [0.25, 0.3) is 5.91 Å². The molecule has 110 valence electrons. The Morgan fingerprint density at radius 1 is 1.14 bits per heavy atom. The minimum atomic E-state index is -0.0411. The van der Waals surface area contributed by atoms with Crippen molar-refractivity contribution in [3.8, 4) is 0 Å².